The molecule has 2 N–H and O–H groups in total. The lowest BCUT2D eigenvalue weighted by atomic mass is 9.85. The number of halogens is 1. The number of anilines is 2. The molecule has 2 heterocycles. The molecular weight excluding hydrogens is 496 g/mol. The number of rotatable bonds is 2. The molecule has 0 fully saturated rings. The fourth-order valence-corrected chi connectivity index (χ4v) is 4.68. The molecule has 0 saturated carbocycles. The highest BCUT2D eigenvalue weighted by molar-refractivity contribution is 9.10. The topological polar surface area (TPSA) is 50.4 Å². The van der Waals surface area contributed by atoms with Gasteiger partial charge in [0.15, 0.2) is 0 Å². The Morgan fingerprint density at radius 3 is 2.18 bits per heavy atom. The fraction of sp³-hybridized carbons (Fsp3) is 0.259. The number of hydrogen-bond donors (Lipinski definition) is 2. The van der Waals surface area contributed by atoms with Crippen LogP contribution in [0.25, 0.3) is 11.1 Å². The average Bonchev–Trinajstić information content (AvgIpc) is 3.16. The molecule has 0 aromatic heterocycles. The molecule has 0 bridgehead atoms. The first-order valence-electron chi connectivity index (χ1n) is 10.8. The van der Waals surface area contributed by atoms with E-state index in [2.05, 4.69) is 70.7 Å². The zero-order chi connectivity index (χ0) is 24.0. The molecule has 3 aromatic carbocycles. The maximum Gasteiger partial charge on any atom is 0.234 e. The monoisotopic (exact) mass is 522 g/mol. The molecule has 0 saturated heterocycles. The Balaban J connectivity index is 0.000000172. The van der Waals surface area contributed by atoms with Crippen LogP contribution in [0.1, 0.15) is 38.8 Å². The zero-order valence-electron chi connectivity index (χ0n) is 19.4. The van der Waals surface area contributed by atoms with Crippen LogP contribution in [0.15, 0.2) is 65.1 Å². The SMILES string of the molecule is CC1(C)C(=O)Nc2ccc(Br)cc21.COc1cccc(-c2ccc3c(c2)C(C)(C)C(=S)N3)c1. The lowest BCUT2D eigenvalue weighted by Crippen LogP contribution is -2.26. The summed E-state index contributed by atoms with van der Waals surface area (Å²) in [5.74, 6) is 0.941. The zero-order valence-corrected chi connectivity index (χ0v) is 21.8. The lowest BCUT2D eigenvalue weighted by Gasteiger charge is -2.18. The van der Waals surface area contributed by atoms with Crippen molar-refractivity contribution < 1.29 is 9.53 Å². The van der Waals surface area contributed by atoms with Crippen LogP contribution in [0.2, 0.25) is 0 Å². The normalized spacial score (nSPS) is 16.7. The molecule has 0 unspecified atom stereocenters. The van der Waals surface area contributed by atoms with Gasteiger partial charge in [0.1, 0.15) is 5.75 Å². The summed E-state index contributed by atoms with van der Waals surface area (Å²) < 4.78 is 6.30. The largest absolute Gasteiger partial charge is 0.497 e. The summed E-state index contributed by atoms with van der Waals surface area (Å²) >= 11 is 8.83. The van der Waals surface area contributed by atoms with E-state index >= 15 is 0 Å². The summed E-state index contributed by atoms with van der Waals surface area (Å²) in [5, 5.41) is 6.15. The predicted molar refractivity (Wildman–Crippen MR) is 143 cm³/mol. The molecule has 4 nitrogen and oxygen atoms in total. The van der Waals surface area contributed by atoms with Gasteiger partial charge < -0.3 is 15.4 Å². The number of ether oxygens (including phenoxy) is 1. The van der Waals surface area contributed by atoms with Crippen molar-refractivity contribution in [2.45, 2.75) is 38.5 Å². The van der Waals surface area contributed by atoms with E-state index in [-0.39, 0.29) is 11.3 Å². The van der Waals surface area contributed by atoms with Crippen LogP contribution in [-0.2, 0) is 15.6 Å². The molecule has 5 rings (SSSR count). The van der Waals surface area contributed by atoms with Gasteiger partial charge in [-0.2, -0.15) is 0 Å². The van der Waals surface area contributed by atoms with E-state index in [0.29, 0.717) is 0 Å². The summed E-state index contributed by atoms with van der Waals surface area (Å²) in [6.07, 6.45) is 0. The average molecular weight is 523 g/mol. The van der Waals surface area contributed by atoms with Crippen LogP contribution in [0.3, 0.4) is 0 Å². The molecule has 0 atom stereocenters. The van der Waals surface area contributed by atoms with Gasteiger partial charge in [0, 0.05) is 21.3 Å². The maximum absolute atomic E-state index is 11.5. The maximum atomic E-state index is 11.5. The molecule has 0 spiro atoms. The van der Waals surface area contributed by atoms with E-state index in [1.165, 1.54) is 11.1 Å². The van der Waals surface area contributed by atoms with Crippen LogP contribution in [-0.4, -0.2) is 18.0 Å². The number of nitrogens with one attached hydrogen (secondary N) is 2. The second-order valence-corrected chi connectivity index (χ2v) is 10.7. The van der Waals surface area contributed by atoms with Crippen molar-refractivity contribution in [3.63, 3.8) is 0 Å². The Kier molecular flexibility index (Phi) is 6.10. The number of methoxy groups -OCH3 is 1. The third-order valence-corrected chi connectivity index (χ3v) is 7.49. The van der Waals surface area contributed by atoms with E-state index in [1.807, 2.05) is 44.2 Å². The van der Waals surface area contributed by atoms with Crippen molar-refractivity contribution in [2.75, 3.05) is 17.7 Å². The van der Waals surface area contributed by atoms with E-state index in [0.717, 1.165) is 37.7 Å². The molecule has 6 heteroatoms. The highest BCUT2D eigenvalue weighted by Crippen LogP contribution is 2.41. The smallest absolute Gasteiger partial charge is 0.234 e. The van der Waals surface area contributed by atoms with Gasteiger partial charge in [0.2, 0.25) is 5.91 Å². The molecule has 0 aliphatic carbocycles. The van der Waals surface area contributed by atoms with E-state index in [1.54, 1.807) is 7.11 Å². The summed E-state index contributed by atoms with van der Waals surface area (Å²) in [5.41, 5.74) is 6.18. The summed E-state index contributed by atoms with van der Waals surface area (Å²) in [7, 11) is 1.69. The Labute approximate surface area is 208 Å². The van der Waals surface area contributed by atoms with Crippen molar-refractivity contribution in [2.24, 2.45) is 0 Å². The van der Waals surface area contributed by atoms with Crippen LogP contribution >= 0.6 is 28.1 Å². The van der Waals surface area contributed by atoms with Crippen LogP contribution in [0.5, 0.6) is 5.75 Å². The van der Waals surface area contributed by atoms with E-state index < -0.39 is 5.41 Å². The van der Waals surface area contributed by atoms with Crippen LogP contribution < -0.4 is 15.4 Å². The van der Waals surface area contributed by atoms with Crippen molar-refractivity contribution >= 4 is 50.4 Å². The van der Waals surface area contributed by atoms with Gasteiger partial charge in [-0.25, -0.2) is 0 Å². The van der Waals surface area contributed by atoms with Crippen molar-refractivity contribution in [3.8, 4) is 16.9 Å². The molecular formula is C27H27BrN2O2S. The first-order chi connectivity index (χ1) is 15.5. The Hall–Kier alpha value is -2.70. The summed E-state index contributed by atoms with van der Waals surface area (Å²) in [4.78, 5) is 12.4. The van der Waals surface area contributed by atoms with Crippen LogP contribution in [0.4, 0.5) is 11.4 Å². The van der Waals surface area contributed by atoms with Gasteiger partial charge in [-0.3, -0.25) is 4.79 Å². The number of fused-ring (bicyclic) bond motifs is 2. The third-order valence-electron chi connectivity index (χ3n) is 6.38. The molecule has 170 valence electrons. The first-order valence-corrected chi connectivity index (χ1v) is 12.0. The minimum atomic E-state index is -0.404. The van der Waals surface area contributed by atoms with Gasteiger partial charge in [-0.1, -0.05) is 46.3 Å². The second-order valence-electron chi connectivity index (χ2n) is 9.34. The Morgan fingerprint density at radius 2 is 1.45 bits per heavy atom. The number of hydrogen-bond acceptors (Lipinski definition) is 3. The minimum absolute atomic E-state index is 0.0700. The van der Waals surface area contributed by atoms with Gasteiger partial charge in [-0.05, 0) is 92.4 Å². The lowest BCUT2D eigenvalue weighted by molar-refractivity contribution is -0.119. The summed E-state index contributed by atoms with van der Waals surface area (Å²) in [6, 6.07) is 20.4. The predicted octanol–water partition coefficient (Wildman–Crippen LogP) is 7.07. The highest BCUT2D eigenvalue weighted by Gasteiger charge is 2.38. The highest BCUT2D eigenvalue weighted by atomic mass is 79.9. The molecule has 2 aliphatic heterocycles. The van der Waals surface area contributed by atoms with Crippen molar-refractivity contribution in [1.29, 1.82) is 0 Å². The second kappa shape index (κ2) is 8.58. The Morgan fingerprint density at radius 1 is 0.818 bits per heavy atom. The van der Waals surface area contributed by atoms with Gasteiger partial charge >= 0.3 is 0 Å². The third kappa shape index (κ3) is 4.30. The number of carbonyl (C=O) groups excluding carboxylic acids is 1. The molecule has 3 aromatic rings. The van der Waals surface area contributed by atoms with Crippen LogP contribution in [0, 0.1) is 0 Å². The summed E-state index contributed by atoms with van der Waals surface area (Å²) in [6.45, 7) is 8.17. The molecule has 1 amide bonds. The van der Waals surface area contributed by atoms with Gasteiger partial charge in [0.05, 0.1) is 17.5 Å². The fourth-order valence-electron chi connectivity index (χ4n) is 4.10. The minimum Gasteiger partial charge on any atom is -0.497 e. The number of amides is 1. The molecule has 33 heavy (non-hydrogen) atoms. The van der Waals surface area contributed by atoms with E-state index in [9.17, 15) is 4.79 Å². The number of benzene rings is 3. The van der Waals surface area contributed by atoms with E-state index in [4.69, 9.17) is 17.0 Å². The van der Waals surface area contributed by atoms with Gasteiger partial charge in [-0.15, -0.1) is 0 Å². The Bertz CT molecular complexity index is 1270. The molecule has 2 aliphatic rings. The quantitative estimate of drug-likeness (QED) is 0.353. The standard InChI is InChI=1S/C17H17NOS.C10H10BrNO/c1-17(2)14-10-12(7-8-15(14)18-16(17)20)11-5-4-6-13(9-11)19-3;1-10(2)7-5-6(11)3-4-8(7)12-9(10)13/h4-10H,1-3H3,(H,18,20);3-5H,1-2H3,(H,12,13). The van der Waals surface area contributed by atoms with Crippen molar-refractivity contribution in [1.82, 2.24) is 0 Å². The van der Waals surface area contributed by atoms with Gasteiger partial charge in [0.25, 0.3) is 0 Å². The van der Waals surface area contributed by atoms with Crippen molar-refractivity contribution in [3.05, 3.63) is 76.3 Å². The number of carbonyl (C=O) groups is 1. The number of thiocarbonyl (C=S) groups is 1. The first kappa shape index (κ1) is 23.5. The molecule has 0 radical (unpaired) electrons.